The van der Waals surface area contributed by atoms with Crippen molar-refractivity contribution < 1.29 is 9.18 Å². The first-order valence-corrected chi connectivity index (χ1v) is 14.2. The van der Waals surface area contributed by atoms with Gasteiger partial charge in [0.05, 0.1) is 0 Å². The number of hydrogen-bond donors (Lipinski definition) is 2. The quantitative estimate of drug-likeness (QED) is 0.284. The smallest absolute Gasteiger partial charge is 0.267 e. The number of pyridine rings is 1. The Kier molecular flexibility index (Phi) is 7.54. The Bertz CT molecular complexity index is 1790. The average Bonchev–Trinajstić information content (AvgIpc) is 3.40. The van der Waals surface area contributed by atoms with Gasteiger partial charge in [0.15, 0.2) is 5.82 Å². The van der Waals surface area contributed by atoms with Crippen LogP contribution >= 0.6 is 0 Å². The summed E-state index contributed by atoms with van der Waals surface area (Å²) in [7, 11) is 0. The van der Waals surface area contributed by atoms with Gasteiger partial charge in [-0.1, -0.05) is 19.1 Å². The zero-order valence-electron chi connectivity index (χ0n) is 23.3. The molecular weight excluding hydrogens is 533 g/mol. The normalized spacial score (nSPS) is 14.3. The topological polar surface area (TPSA) is 111 Å². The number of hydrogen-bond acceptors (Lipinski definition) is 6. The molecule has 0 unspecified atom stereocenters. The number of nitrogen functional groups attached to an aromatic ring is 1. The second-order valence-electron chi connectivity index (χ2n) is 10.6. The molecule has 1 aliphatic rings. The molecule has 1 amide bonds. The SMILES string of the molecule is CCCN1CCC(c2cc(-c3ccc(NC(=O)c4cccn(-c5ccc(F)cc5)c4=O)cc3)c3c(N)ncnn23)CC1. The van der Waals surface area contributed by atoms with Crippen LogP contribution in [0, 0.1) is 5.82 Å². The minimum Gasteiger partial charge on any atom is -0.382 e. The van der Waals surface area contributed by atoms with Gasteiger partial charge in [-0.25, -0.2) is 13.9 Å². The van der Waals surface area contributed by atoms with Gasteiger partial charge >= 0.3 is 0 Å². The van der Waals surface area contributed by atoms with Crippen LogP contribution in [0.15, 0.2) is 84.0 Å². The summed E-state index contributed by atoms with van der Waals surface area (Å²) in [6.07, 6.45) is 6.31. The Balaban J connectivity index is 1.24. The van der Waals surface area contributed by atoms with Crippen molar-refractivity contribution in [3.63, 3.8) is 0 Å². The van der Waals surface area contributed by atoms with E-state index in [1.54, 1.807) is 24.4 Å². The maximum absolute atomic E-state index is 13.3. The number of fused-ring (bicyclic) bond motifs is 1. The molecule has 10 heteroatoms. The molecular formula is C32H32FN7O2. The average molecular weight is 566 g/mol. The van der Waals surface area contributed by atoms with E-state index in [2.05, 4.69) is 33.3 Å². The molecule has 0 aliphatic carbocycles. The maximum atomic E-state index is 13.3. The van der Waals surface area contributed by atoms with Crippen LogP contribution in [-0.4, -0.2) is 49.6 Å². The van der Waals surface area contributed by atoms with Gasteiger partial charge in [0.1, 0.15) is 23.2 Å². The lowest BCUT2D eigenvalue weighted by Gasteiger charge is -2.31. The maximum Gasteiger partial charge on any atom is 0.267 e. The number of nitrogens with two attached hydrogens (primary N) is 1. The van der Waals surface area contributed by atoms with Gasteiger partial charge in [0.2, 0.25) is 0 Å². The fraction of sp³-hybridized carbons (Fsp3) is 0.250. The summed E-state index contributed by atoms with van der Waals surface area (Å²) >= 11 is 0. The number of anilines is 2. The van der Waals surface area contributed by atoms with E-state index in [1.807, 2.05) is 16.6 Å². The van der Waals surface area contributed by atoms with E-state index in [1.165, 1.54) is 41.2 Å². The molecule has 5 aromatic rings. The number of nitrogens with one attached hydrogen (secondary N) is 1. The number of halogens is 1. The van der Waals surface area contributed by atoms with Crippen LogP contribution in [-0.2, 0) is 0 Å². The first-order chi connectivity index (χ1) is 20.4. The molecule has 6 rings (SSSR count). The number of aromatic nitrogens is 4. The lowest BCUT2D eigenvalue weighted by molar-refractivity contribution is 0.102. The third-order valence-electron chi connectivity index (χ3n) is 7.91. The number of amides is 1. The van der Waals surface area contributed by atoms with Crippen LogP contribution in [0.1, 0.15) is 48.2 Å². The Morgan fingerprint density at radius 1 is 1.07 bits per heavy atom. The molecule has 3 N–H and O–H groups in total. The molecule has 42 heavy (non-hydrogen) atoms. The van der Waals surface area contributed by atoms with Crippen molar-refractivity contribution in [1.29, 1.82) is 0 Å². The van der Waals surface area contributed by atoms with E-state index in [-0.39, 0.29) is 5.56 Å². The highest BCUT2D eigenvalue weighted by atomic mass is 19.1. The number of likely N-dealkylation sites (tertiary alicyclic amines) is 1. The Morgan fingerprint density at radius 3 is 2.52 bits per heavy atom. The summed E-state index contributed by atoms with van der Waals surface area (Å²) in [6.45, 7) is 5.46. The fourth-order valence-corrected chi connectivity index (χ4v) is 5.78. The molecule has 4 heterocycles. The van der Waals surface area contributed by atoms with Crippen LogP contribution in [0.2, 0.25) is 0 Å². The summed E-state index contributed by atoms with van der Waals surface area (Å²) in [4.78, 5) is 32.9. The number of carbonyl (C=O) groups is 1. The first-order valence-electron chi connectivity index (χ1n) is 14.2. The van der Waals surface area contributed by atoms with Crippen LogP contribution in [0.4, 0.5) is 15.9 Å². The van der Waals surface area contributed by atoms with E-state index >= 15 is 0 Å². The van der Waals surface area contributed by atoms with Crippen molar-refractivity contribution >= 4 is 22.9 Å². The first kappa shape index (κ1) is 27.3. The second-order valence-corrected chi connectivity index (χ2v) is 10.6. The van der Waals surface area contributed by atoms with Gasteiger partial charge in [0.25, 0.3) is 11.5 Å². The van der Waals surface area contributed by atoms with E-state index in [0.29, 0.717) is 23.1 Å². The monoisotopic (exact) mass is 565 g/mol. The van der Waals surface area contributed by atoms with Crippen molar-refractivity contribution in [3.05, 3.63) is 107 Å². The number of rotatable bonds is 7. The summed E-state index contributed by atoms with van der Waals surface area (Å²) < 4.78 is 16.6. The van der Waals surface area contributed by atoms with Gasteiger partial charge in [-0.05, 0) is 99.1 Å². The summed E-state index contributed by atoms with van der Waals surface area (Å²) in [5.74, 6) is -0.157. The number of piperidine rings is 1. The van der Waals surface area contributed by atoms with Gasteiger partial charge < -0.3 is 16.0 Å². The van der Waals surface area contributed by atoms with Crippen molar-refractivity contribution in [2.24, 2.45) is 0 Å². The zero-order valence-corrected chi connectivity index (χ0v) is 23.3. The molecule has 2 aromatic carbocycles. The van der Waals surface area contributed by atoms with Crippen molar-refractivity contribution in [2.45, 2.75) is 32.1 Å². The largest absolute Gasteiger partial charge is 0.382 e. The van der Waals surface area contributed by atoms with E-state index in [9.17, 15) is 14.0 Å². The highest BCUT2D eigenvalue weighted by Gasteiger charge is 2.25. The minimum absolute atomic E-state index is 0.0242. The predicted molar refractivity (Wildman–Crippen MR) is 161 cm³/mol. The molecule has 214 valence electrons. The molecule has 1 fully saturated rings. The van der Waals surface area contributed by atoms with Crippen LogP contribution in [0.5, 0.6) is 0 Å². The molecule has 0 radical (unpaired) electrons. The van der Waals surface area contributed by atoms with Gasteiger partial charge in [-0.3, -0.25) is 14.2 Å². The highest BCUT2D eigenvalue weighted by Crippen LogP contribution is 2.37. The highest BCUT2D eigenvalue weighted by molar-refractivity contribution is 6.04. The minimum atomic E-state index is -0.534. The van der Waals surface area contributed by atoms with E-state index in [0.717, 1.165) is 61.2 Å². The fourth-order valence-electron chi connectivity index (χ4n) is 5.78. The van der Waals surface area contributed by atoms with Crippen LogP contribution in [0.3, 0.4) is 0 Å². The second kappa shape index (κ2) is 11.6. The molecule has 0 bridgehead atoms. The summed E-state index contributed by atoms with van der Waals surface area (Å²) in [5, 5.41) is 7.37. The van der Waals surface area contributed by atoms with Crippen LogP contribution < -0.4 is 16.6 Å². The van der Waals surface area contributed by atoms with Gasteiger partial charge in [0, 0.05) is 34.7 Å². The standard InChI is InChI=1S/C32H32FN7O2/c1-2-15-38-17-13-22(14-18-38)28-19-27(29-30(34)35-20-36-40(28)29)21-5-9-24(10-6-21)37-31(41)26-4-3-16-39(32(26)42)25-11-7-23(33)8-12-25/h3-12,16,19-20,22H,2,13-15,17-18H2,1H3,(H,37,41)(H2,34,35,36). The molecule has 1 aliphatic heterocycles. The number of carbonyl (C=O) groups excluding carboxylic acids is 1. The molecule has 3 aromatic heterocycles. The lowest BCUT2D eigenvalue weighted by Crippen LogP contribution is -2.33. The molecule has 0 spiro atoms. The predicted octanol–water partition coefficient (Wildman–Crippen LogP) is 5.11. The Hall–Kier alpha value is -4.83. The lowest BCUT2D eigenvalue weighted by atomic mass is 9.93. The van der Waals surface area contributed by atoms with Crippen LogP contribution in [0.25, 0.3) is 22.3 Å². The van der Waals surface area contributed by atoms with E-state index in [4.69, 9.17) is 5.73 Å². The number of benzene rings is 2. The third kappa shape index (κ3) is 5.28. The van der Waals surface area contributed by atoms with Crippen molar-refractivity contribution in [3.8, 4) is 16.8 Å². The van der Waals surface area contributed by atoms with Crippen molar-refractivity contribution in [2.75, 3.05) is 30.7 Å². The number of nitrogens with zero attached hydrogens (tertiary/aromatic N) is 5. The third-order valence-corrected chi connectivity index (χ3v) is 7.91. The van der Waals surface area contributed by atoms with Gasteiger partial charge in [-0.15, -0.1) is 0 Å². The zero-order chi connectivity index (χ0) is 29.2. The molecule has 9 nitrogen and oxygen atoms in total. The molecule has 0 saturated carbocycles. The Morgan fingerprint density at radius 2 is 1.81 bits per heavy atom. The van der Waals surface area contributed by atoms with E-state index < -0.39 is 17.3 Å². The van der Waals surface area contributed by atoms with Crippen molar-refractivity contribution in [1.82, 2.24) is 24.1 Å². The summed E-state index contributed by atoms with van der Waals surface area (Å²) in [5.41, 5.74) is 10.6. The summed E-state index contributed by atoms with van der Waals surface area (Å²) in [6, 6.07) is 18.2. The van der Waals surface area contributed by atoms with Gasteiger partial charge in [-0.2, -0.15) is 5.10 Å². The Labute approximate surface area is 242 Å². The molecule has 0 atom stereocenters. The molecule has 1 saturated heterocycles.